The number of benzene rings is 2. The maximum atomic E-state index is 15.8. The van der Waals surface area contributed by atoms with Gasteiger partial charge in [0.15, 0.2) is 5.75 Å². The van der Waals surface area contributed by atoms with E-state index in [9.17, 15) is 19.2 Å². The van der Waals surface area contributed by atoms with Gasteiger partial charge in [0.05, 0.1) is 33.5 Å². The third kappa shape index (κ3) is 3.95. The summed E-state index contributed by atoms with van der Waals surface area (Å²) < 4.78 is 37.5. The molecule has 2 aliphatic heterocycles. The van der Waals surface area contributed by atoms with Gasteiger partial charge in [-0.3, -0.25) is 4.79 Å². The number of fused-ring (bicyclic) bond motifs is 3. The van der Waals surface area contributed by atoms with Crippen LogP contribution in [0.15, 0.2) is 30.9 Å². The Morgan fingerprint density at radius 3 is 2.82 bits per heavy atom. The molecule has 1 atom stereocenters. The smallest absolute Gasteiger partial charge is 0.346 e. The van der Waals surface area contributed by atoms with Crippen molar-refractivity contribution in [3.63, 3.8) is 0 Å². The Morgan fingerprint density at radius 1 is 1.26 bits per heavy atom. The fourth-order valence-electron chi connectivity index (χ4n) is 5.10. The number of piperazine rings is 1. The van der Waals surface area contributed by atoms with E-state index in [0.29, 0.717) is 6.42 Å². The normalized spacial score (nSPS) is 17.2. The average Bonchev–Trinajstić information content (AvgIpc) is 3.57. The van der Waals surface area contributed by atoms with Crippen LogP contribution in [0.25, 0.3) is 21.2 Å². The molecule has 0 radical (unpaired) electrons. The molecule has 4 heterocycles. The van der Waals surface area contributed by atoms with Gasteiger partial charge in [0.1, 0.15) is 35.4 Å². The van der Waals surface area contributed by atoms with Crippen LogP contribution in [0.5, 0.6) is 5.75 Å². The summed E-state index contributed by atoms with van der Waals surface area (Å²) in [5.41, 5.74) is 5.93. The van der Waals surface area contributed by atoms with Crippen LogP contribution in [0.3, 0.4) is 0 Å². The molecular formula is C25H18ClF2N7O3S. The lowest BCUT2D eigenvalue weighted by atomic mass is 9.95. The van der Waals surface area contributed by atoms with Crippen molar-refractivity contribution in [3.8, 4) is 22.9 Å². The van der Waals surface area contributed by atoms with Crippen molar-refractivity contribution in [3.05, 3.63) is 58.6 Å². The van der Waals surface area contributed by atoms with Crippen molar-refractivity contribution >= 4 is 50.0 Å². The lowest BCUT2D eigenvalue weighted by molar-refractivity contribution is 0.0431. The minimum Gasteiger partial charge on any atom is -0.491 e. The number of nitrogens with zero attached hydrogens (tertiary/aromatic N) is 6. The van der Waals surface area contributed by atoms with E-state index in [-0.39, 0.29) is 86.4 Å². The molecule has 6 rings (SSSR count). The summed E-state index contributed by atoms with van der Waals surface area (Å²) >= 11 is 7.57. The summed E-state index contributed by atoms with van der Waals surface area (Å²) in [6.45, 7) is 0.824. The van der Waals surface area contributed by atoms with Gasteiger partial charge in [0.2, 0.25) is 0 Å². The number of anilines is 1. The summed E-state index contributed by atoms with van der Waals surface area (Å²) in [6, 6.07) is 4.74. The number of ether oxygens (including phenoxy) is 1. The zero-order valence-electron chi connectivity index (χ0n) is 20.0. The number of rotatable bonds is 1. The molecule has 1 saturated heterocycles. The first kappa shape index (κ1) is 25.0. The summed E-state index contributed by atoms with van der Waals surface area (Å²) in [4.78, 5) is 33.3. The van der Waals surface area contributed by atoms with Crippen LogP contribution >= 0.6 is 22.9 Å². The van der Waals surface area contributed by atoms with Gasteiger partial charge in [0.25, 0.3) is 5.91 Å². The molecule has 1 fully saturated rings. The minimum absolute atomic E-state index is 0.00294. The van der Waals surface area contributed by atoms with Gasteiger partial charge in [-0.05, 0) is 17.7 Å². The third-order valence-electron chi connectivity index (χ3n) is 6.93. The van der Waals surface area contributed by atoms with E-state index >= 15 is 4.39 Å². The number of carbonyl (C=O) groups is 2. The van der Waals surface area contributed by atoms with E-state index in [4.69, 9.17) is 22.1 Å². The second kappa shape index (κ2) is 9.48. The van der Waals surface area contributed by atoms with Gasteiger partial charge >= 0.3 is 6.03 Å². The summed E-state index contributed by atoms with van der Waals surface area (Å²) in [5.74, 6) is -1.93. The van der Waals surface area contributed by atoms with Gasteiger partial charge in [0, 0.05) is 37.0 Å². The van der Waals surface area contributed by atoms with Crippen molar-refractivity contribution in [2.45, 2.75) is 12.5 Å². The van der Waals surface area contributed by atoms with Crippen molar-refractivity contribution in [1.29, 1.82) is 5.26 Å². The average molecular weight is 570 g/mol. The van der Waals surface area contributed by atoms with Crippen LogP contribution in [0.2, 0.25) is 5.02 Å². The predicted molar refractivity (Wildman–Crippen MR) is 139 cm³/mol. The highest BCUT2D eigenvalue weighted by molar-refractivity contribution is 7.23. The Kier molecular flexibility index (Phi) is 6.08. The number of amides is 2. The first-order valence-corrected chi connectivity index (χ1v) is 13.0. The summed E-state index contributed by atoms with van der Waals surface area (Å²) in [7, 11) is 0. The quantitative estimate of drug-likeness (QED) is 0.365. The molecule has 2 N–H and O–H groups in total. The van der Waals surface area contributed by atoms with E-state index in [2.05, 4.69) is 10.1 Å². The summed E-state index contributed by atoms with van der Waals surface area (Å²) in [6.07, 6.45) is 2.95. The SMILES string of the molecule is N#Cc1c(N)sc2c(F)ccc(-c3c(F)cc4c(c3Cl)OCC[C@H]3CN(C(=O)n5cncn5)CCN3C4=O)c12. The first-order chi connectivity index (χ1) is 18.8. The molecule has 14 heteroatoms. The number of carbonyl (C=O) groups excluding carboxylic acids is 2. The van der Waals surface area contributed by atoms with E-state index < -0.39 is 17.5 Å². The maximum Gasteiger partial charge on any atom is 0.346 e. The van der Waals surface area contributed by atoms with Gasteiger partial charge in [-0.2, -0.15) is 15.0 Å². The molecule has 2 aliphatic rings. The molecule has 39 heavy (non-hydrogen) atoms. The molecule has 0 spiro atoms. The molecular weight excluding hydrogens is 552 g/mol. The number of nitrogens with two attached hydrogens (primary N) is 1. The summed E-state index contributed by atoms with van der Waals surface area (Å²) in [5, 5.41) is 13.6. The van der Waals surface area contributed by atoms with Gasteiger partial charge in [-0.15, -0.1) is 11.3 Å². The van der Waals surface area contributed by atoms with Crippen LogP contribution in [0.1, 0.15) is 22.3 Å². The van der Waals surface area contributed by atoms with E-state index in [0.717, 1.165) is 28.2 Å². The van der Waals surface area contributed by atoms with Crippen LogP contribution in [0.4, 0.5) is 18.6 Å². The Hall–Kier alpha value is -4.28. The third-order valence-corrected chi connectivity index (χ3v) is 8.32. The number of halogens is 3. The molecule has 2 amide bonds. The number of nitrogen functional groups attached to an aromatic ring is 1. The van der Waals surface area contributed by atoms with E-state index in [1.807, 2.05) is 6.07 Å². The van der Waals surface area contributed by atoms with Crippen LogP contribution in [0, 0.1) is 23.0 Å². The van der Waals surface area contributed by atoms with Crippen molar-refractivity contribution in [1.82, 2.24) is 24.6 Å². The molecule has 0 unspecified atom stereocenters. The Bertz CT molecular complexity index is 1700. The number of thiophene rings is 1. The number of nitriles is 1. The number of hydrogen-bond donors (Lipinski definition) is 1. The fourth-order valence-corrected chi connectivity index (χ4v) is 6.40. The van der Waals surface area contributed by atoms with Gasteiger partial charge < -0.3 is 20.3 Å². The van der Waals surface area contributed by atoms with Crippen molar-refractivity contribution in [2.24, 2.45) is 0 Å². The highest BCUT2D eigenvalue weighted by Gasteiger charge is 2.37. The van der Waals surface area contributed by atoms with Crippen molar-refractivity contribution in [2.75, 3.05) is 32.0 Å². The van der Waals surface area contributed by atoms with Crippen LogP contribution < -0.4 is 10.5 Å². The molecule has 198 valence electrons. The largest absolute Gasteiger partial charge is 0.491 e. The molecule has 0 aliphatic carbocycles. The van der Waals surface area contributed by atoms with Crippen molar-refractivity contribution < 1.29 is 23.1 Å². The lowest BCUT2D eigenvalue weighted by Gasteiger charge is -2.42. The molecule has 4 aromatic rings. The Balaban J connectivity index is 1.39. The van der Waals surface area contributed by atoms with E-state index in [1.165, 1.54) is 18.7 Å². The second-order valence-corrected chi connectivity index (χ2v) is 10.5. The van der Waals surface area contributed by atoms with Gasteiger partial charge in [-0.25, -0.2) is 18.6 Å². The molecule has 0 bridgehead atoms. The first-order valence-electron chi connectivity index (χ1n) is 11.8. The number of hydrogen-bond acceptors (Lipinski definition) is 8. The zero-order chi connectivity index (χ0) is 27.4. The Morgan fingerprint density at radius 2 is 2.08 bits per heavy atom. The molecule has 2 aromatic heterocycles. The molecule has 2 aromatic carbocycles. The molecule has 0 saturated carbocycles. The Labute approximate surface area is 228 Å². The maximum absolute atomic E-state index is 15.8. The number of aromatic nitrogens is 3. The minimum atomic E-state index is -0.839. The van der Waals surface area contributed by atoms with Crippen LogP contribution in [-0.4, -0.2) is 68.8 Å². The highest BCUT2D eigenvalue weighted by atomic mass is 35.5. The second-order valence-electron chi connectivity index (χ2n) is 9.03. The zero-order valence-corrected chi connectivity index (χ0v) is 21.6. The monoisotopic (exact) mass is 569 g/mol. The van der Waals surface area contributed by atoms with Gasteiger partial charge in [-0.1, -0.05) is 17.7 Å². The fraction of sp³-hybridized carbons (Fsp3) is 0.240. The lowest BCUT2D eigenvalue weighted by Crippen LogP contribution is -2.58. The standard InChI is InChI=1S/C25H18ClF2N7O3S/c26-20-19(13-1-2-16(27)22-18(13)15(8-29)23(30)39-22)17(28)7-14-21(20)38-6-3-12-9-33(4-5-34(12)24(14)36)25(37)35-11-31-10-32-35/h1-2,7,10-12H,3-6,9,30H2/t12-/m0/s1. The topological polar surface area (TPSA) is 130 Å². The predicted octanol–water partition coefficient (Wildman–Crippen LogP) is 4.12. The highest BCUT2D eigenvalue weighted by Crippen LogP contribution is 2.47. The van der Waals surface area contributed by atoms with Crippen LogP contribution in [-0.2, 0) is 0 Å². The molecule has 10 nitrogen and oxygen atoms in total. The van der Waals surface area contributed by atoms with E-state index in [1.54, 1.807) is 9.80 Å².